The van der Waals surface area contributed by atoms with E-state index in [0.29, 0.717) is 11.5 Å². The zero-order valence-corrected chi connectivity index (χ0v) is 14.1. The van der Waals surface area contributed by atoms with Gasteiger partial charge in [-0.2, -0.15) is 0 Å². The molecule has 0 spiro atoms. The molecule has 0 radical (unpaired) electrons. The van der Waals surface area contributed by atoms with E-state index in [1.54, 1.807) is 0 Å². The molecule has 2 rings (SSSR count). The summed E-state index contributed by atoms with van der Waals surface area (Å²) >= 11 is 3.68. The average molecular weight is 345 g/mol. The third kappa shape index (κ3) is 3.60. The quantitative estimate of drug-likeness (QED) is 0.763. The Morgan fingerprint density at radius 3 is 2.21 bits per heavy atom. The molecule has 1 fully saturated rings. The van der Waals surface area contributed by atoms with Gasteiger partial charge in [0.2, 0.25) is 0 Å². The number of hydrogen-bond donors (Lipinski definition) is 0. The molecule has 1 aromatic carbocycles. The monoisotopic (exact) mass is 344 g/mol. The van der Waals surface area contributed by atoms with E-state index in [2.05, 4.69) is 61.0 Å². The van der Waals surface area contributed by atoms with E-state index in [1.165, 1.54) is 11.1 Å². The molecule has 1 heterocycles. The van der Waals surface area contributed by atoms with Crippen molar-refractivity contribution < 1.29 is 8.42 Å². The first-order valence-corrected chi connectivity index (χ1v) is 9.38. The molecular weight excluding hydrogens is 324 g/mol. The van der Waals surface area contributed by atoms with Gasteiger partial charge < -0.3 is 0 Å². The summed E-state index contributed by atoms with van der Waals surface area (Å²) in [6.07, 6.45) is 0.763. The van der Waals surface area contributed by atoms with Gasteiger partial charge >= 0.3 is 0 Å². The average Bonchev–Trinajstić information content (AvgIpc) is 2.68. The smallest absolute Gasteiger partial charge is 0.150 e. The van der Waals surface area contributed by atoms with Gasteiger partial charge in [0.15, 0.2) is 9.84 Å². The molecule has 2 unspecified atom stereocenters. The lowest BCUT2D eigenvalue weighted by Gasteiger charge is -2.21. The van der Waals surface area contributed by atoms with Crippen molar-refractivity contribution in [2.45, 2.75) is 37.4 Å². The Bertz CT molecular complexity index is 541. The fourth-order valence-corrected chi connectivity index (χ4v) is 5.34. The van der Waals surface area contributed by atoms with E-state index in [9.17, 15) is 8.42 Å². The van der Waals surface area contributed by atoms with E-state index < -0.39 is 9.84 Å². The third-order valence-corrected chi connectivity index (χ3v) is 6.85. The maximum absolute atomic E-state index is 11.5. The van der Waals surface area contributed by atoms with E-state index in [4.69, 9.17) is 0 Å². The summed E-state index contributed by atoms with van der Waals surface area (Å²) in [6, 6.07) is 8.52. The van der Waals surface area contributed by atoms with Crippen molar-refractivity contribution in [3.8, 4) is 0 Å². The summed E-state index contributed by atoms with van der Waals surface area (Å²) in [4.78, 5) is 0.138. The molecule has 0 amide bonds. The molecule has 0 N–H and O–H groups in total. The molecule has 2 nitrogen and oxygen atoms in total. The van der Waals surface area contributed by atoms with Gasteiger partial charge in [0.05, 0.1) is 11.5 Å². The second-order valence-electron chi connectivity index (χ2n) is 6.44. The Kier molecular flexibility index (Phi) is 4.12. The minimum absolute atomic E-state index is 0.138. The van der Waals surface area contributed by atoms with E-state index in [0.717, 1.165) is 6.42 Å². The second kappa shape index (κ2) is 5.21. The molecular formula is C15H21BrO2S. The molecule has 0 saturated carbocycles. The Hall–Kier alpha value is -0.350. The fraction of sp³-hybridized carbons (Fsp3) is 0.600. The normalized spacial score (nSPS) is 24.3. The van der Waals surface area contributed by atoms with Crippen molar-refractivity contribution in [1.29, 1.82) is 0 Å². The molecule has 4 heteroatoms. The van der Waals surface area contributed by atoms with Crippen molar-refractivity contribution in [2.75, 3.05) is 11.5 Å². The predicted octanol–water partition coefficient (Wildman–Crippen LogP) is 3.85. The summed E-state index contributed by atoms with van der Waals surface area (Å²) in [7, 11) is -2.81. The fourth-order valence-electron chi connectivity index (χ4n) is 2.49. The second-order valence-corrected chi connectivity index (χ2v) is 9.65. The standard InChI is InChI=1S/C15H21BrO2S/c1-15(2,3)13-6-4-11(5-7-13)14(16)12-8-9-19(17,18)10-12/h4-7,12,14H,8-10H2,1-3H3. The van der Waals surface area contributed by atoms with Crippen LogP contribution in [0.15, 0.2) is 24.3 Å². The molecule has 1 aromatic rings. The maximum atomic E-state index is 11.5. The molecule has 1 aliphatic heterocycles. The lowest BCUT2D eigenvalue weighted by Crippen LogP contribution is -2.12. The minimum atomic E-state index is -2.81. The van der Waals surface area contributed by atoms with Crippen LogP contribution in [0.25, 0.3) is 0 Å². The number of benzene rings is 1. The van der Waals surface area contributed by atoms with Gasteiger partial charge in [0, 0.05) is 4.83 Å². The van der Waals surface area contributed by atoms with Crippen molar-refractivity contribution >= 4 is 25.8 Å². The number of sulfone groups is 1. The number of alkyl halides is 1. The van der Waals surface area contributed by atoms with Crippen molar-refractivity contribution in [3.63, 3.8) is 0 Å². The van der Waals surface area contributed by atoms with Crippen molar-refractivity contribution in [2.24, 2.45) is 5.92 Å². The van der Waals surface area contributed by atoms with Crippen molar-refractivity contribution in [1.82, 2.24) is 0 Å². The van der Waals surface area contributed by atoms with Gasteiger partial charge in [0.1, 0.15) is 0 Å². The highest BCUT2D eigenvalue weighted by atomic mass is 79.9. The first kappa shape index (κ1) is 15.0. The van der Waals surface area contributed by atoms with Gasteiger partial charge in [-0.3, -0.25) is 0 Å². The van der Waals surface area contributed by atoms with Crippen LogP contribution in [0.4, 0.5) is 0 Å². The summed E-state index contributed by atoms with van der Waals surface area (Å²) in [5.74, 6) is 0.842. The van der Waals surface area contributed by atoms with Crippen LogP contribution in [0.2, 0.25) is 0 Å². The number of halogens is 1. The van der Waals surface area contributed by atoms with Crippen molar-refractivity contribution in [3.05, 3.63) is 35.4 Å². The molecule has 0 bridgehead atoms. The van der Waals surface area contributed by atoms with Gasteiger partial charge in [-0.05, 0) is 28.9 Å². The highest BCUT2D eigenvalue weighted by Gasteiger charge is 2.33. The first-order valence-electron chi connectivity index (χ1n) is 6.64. The molecule has 1 saturated heterocycles. The Balaban J connectivity index is 2.15. The molecule has 0 aromatic heterocycles. The lowest BCUT2D eigenvalue weighted by atomic mass is 9.86. The SMILES string of the molecule is CC(C)(C)c1ccc(C(Br)C2CCS(=O)(=O)C2)cc1. The zero-order chi connectivity index (χ0) is 14.3. The van der Waals surface area contributed by atoms with Gasteiger partial charge in [-0.25, -0.2) is 8.42 Å². The van der Waals surface area contributed by atoms with Crippen LogP contribution in [0, 0.1) is 5.92 Å². The zero-order valence-electron chi connectivity index (χ0n) is 11.7. The largest absolute Gasteiger partial charge is 0.229 e. The van der Waals surface area contributed by atoms with E-state index >= 15 is 0 Å². The van der Waals surface area contributed by atoms with Crippen LogP contribution in [0.3, 0.4) is 0 Å². The molecule has 106 valence electrons. The van der Waals surface area contributed by atoms with Gasteiger partial charge in [0.25, 0.3) is 0 Å². The molecule has 2 atom stereocenters. The summed E-state index contributed by atoms with van der Waals surface area (Å²) in [5.41, 5.74) is 2.63. The Morgan fingerprint density at radius 1 is 1.21 bits per heavy atom. The van der Waals surface area contributed by atoms with Gasteiger partial charge in [-0.1, -0.05) is 61.0 Å². The highest BCUT2D eigenvalue weighted by molar-refractivity contribution is 9.09. The van der Waals surface area contributed by atoms with Crippen LogP contribution in [0.5, 0.6) is 0 Å². The molecule has 1 aliphatic rings. The van der Waals surface area contributed by atoms with Crippen LogP contribution in [-0.2, 0) is 15.3 Å². The van der Waals surface area contributed by atoms with E-state index in [1.807, 2.05) is 0 Å². The third-order valence-electron chi connectivity index (χ3n) is 3.78. The van der Waals surface area contributed by atoms with Crippen LogP contribution in [0.1, 0.15) is 43.1 Å². The number of rotatable bonds is 2. The molecule has 19 heavy (non-hydrogen) atoms. The van der Waals surface area contributed by atoms with Gasteiger partial charge in [-0.15, -0.1) is 0 Å². The van der Waals surface area contributed by atoms with Crippen LogP contribution < -0.4 is 0 Å². The summed E-state index contributed by atoms with van der Waals surface area (Å²) in [5, 5.41) is 0. The van der Waals surface area contributed by atoms with Crippen LogP contribution >= 0.6 is 15.9 Å². The minimum Gasteiger partial charge on any atom is -0.229 e. The topological polar surface area (TPSA) is 34.1 Å². The van der Waals surface area contributed by atoms with Crippen LogP contribution in [-0.4, -0.2) is 19.9 Å². The first-order chi connectivity index (χ1) is 8.69. The van der Waals surface area contributed by atoms with E-state index in [-0.39, 0.29) is 16.2 Å². The molecule has 0 aliphatic carbocycles. The summed E-state index contributed by atoms with van der Waals surface area (Å²) < 4.78 is 23.1. The Labute approximate surface area is 124 Å². The Morgan fingerprint density at radius 2 is 1.79 bits per heavy atom. The summed E-state index contributed by atoms with van der Waals surface area (Å²) in [6.45, 7) is 6.57. The number of hydrogen-bond acceptors (Lipinski definition) is 2. The lowest BCUT2D eigenvalue weighted by molar-refractivity contribution is 0.576. The predicted molar refractivity (Wildman–Crippen MR) is 83.6 cm³/mol. The highest BCUT2D eigenvalue weighted by Crippen LogP contribution is 2.38. The maximum Gasteiger partial charge on any atom is 0.150 e.